The van der Waals surface area contributed by atoms with Crippen LogP contribution >= 0.6 is 27.5 Å². The van der Waals surface area contributed by atoms with E-state index in [-0.39, 0.29) is 5.91 Å². The Balaban J connectivity index is 2.55. The predicted octanol–water partition coefficient (Wildman–Crippen LogP) is 2.60. The van der Waals surface area contributed by atoms with Crippen molar-refractivity contribution in [1.82, 2.24) is 5.32 Å². The lowest BCUT2D eigenvalue weighted by atomic mass is 10.2. The Kier molecular flexibility index (Phi) is 6.16. The largest absolute Gasteiger partial charge is 0.351 e. The summed E-state index contributed by atoms with van der Waals surface area (Å²) in [5.41, 5.74) is 0.492. The number of nitrogens with one attached hydrogen (secondary N) is 1. The van der Waals surface area contributed by atoms with E-state index in [1.807, 2.05) is 6.92 Å². The Bertz CT molecular complexity index is 419. The third-order valence-electron chi connectivity index (χ3n) is 2.06. The summed E-state index contributed by atoms with van der Waals surface area (Å²) in [5.74, 6) is 0.879. The second kappa shape index (κ2) is 7.13. The maximum absolute atomic E-state index is 11.7. The molecule has 3 nitrogen and oxygen atoms in total. The molecule has 0 aliphatic heterocycles. The van der Waals surface area contributed by atoms with Gasteiger partial charge in [0.1, 0.15) is 0 Å². The van der Waals surface area contributed by atoms with Gasteiger partial charge >= 0.3 is 0 Å². The average molecular weight is 339 g/mol. The molecule has 0 saturated heterocycles. The van der Waals surface area contributed by atoms with Gasteiger partial charge in [0.25, 0.3) is 5.91 Å². The quantitative estimate of drug-likeness (QED) is 0.897. The Labute approximate surface area is 117 Å². The highest BCUT2D eigenvalue weighted by molar-refractivity contribution is 9.10. The van der Waals surface area contributed by atoms with Crippen molar-refractivity contribution in [3.05, 3.63) is 33.3 Å². The van der Waals surface area contributed by atoms with Crippen molar-refractivity contribution in [2.24, 2.45) is 0 Å². The van der Waals surface area contributed by atoms with E-state index in [2.05, 4.69) is 21.2 Å². The molecular formula is C11H13BrClNO2S. The summed E-state index contributed by atoms with van der Waals surface area (Å²) < 4.78 is 11.9. The van der Waals surface area contributed by atoms with Crippen molar-refractivity contribution in [2.75, 3.05) is 18.1 Å². The molecule has 1 rings (SSSR count). The molecule has 0 radical (unpaired) electrons. The second-order valence-electron chi connectivity index (χ2n) is 3.35. The molecule has 0 spiro atoms. The van der Waals surface area contributed by atoms with Crippen molar-refractivity contribution in [3.8, 4) is 0 Å². The van der Waals surface area contributed by atoms with Crippen LogP contribution in [0.15, 0.2) is 22.7 Å². The first-order chi connectivity index (χ1) is 8.02. The zero-order chi connectivity index (χ0) is 12.8. The number of rotatable bonds is 5. The van der Waals surface area contributed by atoms with Crippen LogP contribution in [0.4, 0.5) is 0 Å². The molecule has 0 heterocycles. The Morgan fingerprint density at radius 3 is 2.76 bits per heavy atom. The van der Waals surface area contributed by atoms with Crippen LogP contribution in [0.1, 0.15) is 17.3 Å². The minimum absolute atomic E-state index is 0.207. The first-order valence-corrected chi connectivity index (χ1v) is 7.78. The highest BCUT2D eigenvalue weighted by Gasteiger charge is 2.07. The standard InChI is InChI=1S/C11H13BrClNO2S/c1-2-17(16)4-3-14-11(15)8-5-9(12)7-10(13)6-8/h5-7H,2-4H2,1H3,(H,14,15). The Morgan fingerprint density at radius 2 is 2.18 bits per heavy atom. The van der Waals surface area contributed by atoms with Gasteiger partial charge in [-0.05, 0) is 18.2 Å². The van der Waals surface area contributed by atoms with E-state index in [0.717, 1.165) is 4.47 Å². The van der Waals surface area contributed by atoms with Crippen molar-refractivity contribution >= 4 is 44.2 Å². The van der Waals surface area contributed by atoms with Gasteiger partial charge in [-0.15, -0.1) is 0 Å². The van der Waals surface area contributed by atoms with E-state index in [1.165, 1.54) is 0 Å². The third kappa shape index (κ3) is 5.19. The van der Waals surface area contributed by atoms with Crippen molar-refractivity contribution in [2.45, 2.75) is 6.92 Å². The number of carbonyl (C=O) groups is 1. The SMILES string of the molecule is CCS(=O)CCNC(=O)c1cc(Cl)cc(Br)c1. The Morgan fingerprint density at radius 1 is 1.47 bits per heavy atom. The molecule has 0 aromatic heterocycles. The van der Waals surface area contributed by atoms with Gasteiger partial charge in [0.15, 0.2) is 0 Å². The summed E-state index contributed by atoms with van der Waals surface area (Å²) in [4.78, 5) is 11.7. The van der Waals surface area contributed by atoms with Gasteiger partial charge in [-0.3, -0.25) is 9.00 Å². The first kappa shape index (κ1) is 14.7. The van der Waals surface area contributed by atoms with Crippen LogP contribution in [0.3, 0.4) is 0 Å². The molecule has 1 N–H and O–H groups in total. The van der Waals surface area contributed by atoms with Crippen LogP contribution in [0.5, 0.6) is 0 Å². The summed E-state index contributed by atoms with van der Waals surface area (Å²) >= 11 is 9.11. The summed E-state index contributed by atoms with van der Waals surface area (Å²) in [5, 5.41) is 3.21. The molecule has 0 saturated carbocycles. The fourth-order valence-electron chi connectivity index (χ4n) is 1.21. The number of hydrogen-bond acceptors (Lipinski definition) is 2. The van der Waals surface area contributed by atoms with E-state index in [1.54, 1.807) is 18.2 Å². The smallest absolute Gasteiger partial charge is 0.251 e. The molecule has 0 bridgehead atoms. The number of hydrogen-bond donors (Lipinski definition) is 1. The van der Waals surface area contributed by atoms with Crippen LogP contribution in [0.2, 0.25) is 5.02 Å². The van der Waals surface area contributed by atoms with E-state index in [9.17, 15) is 9.00 Å². The van der Waals surface area contributed by atoms with E-state index in [0.29, 0.717) is 28.6 Å². The van der Waals surface area contributed by atoms with Gasteiger partial charge in [0.2, 0.25) is 0 Å². The van der Waals surface area contributed by atoms with Crippen LogP contribution in [0.25, 0.3) is 0 Å². The second-order valence-corrected chi connectivity index (χ2v) is 6.56. The fraction of sp³-hybridized carbons (Fsp3) is 0.364. The maximum atomic E-state index is 11.7. The van der Waals surface area contributed by atoms with Gasteiger partial charge in [-0.25, -0.2) is 0 Å². The van der Waals surface area contributed by atoms with Gasteiger partial charge in [-0.2, -0.15) is 0 Å². The predicted molar refractivity (Wildman–Crippen MR) is 75.0 cm³/mol. The molecule has 1 atom stereocenters. The lowest BCUT2D eigenvalue weighted by Crippen LogP contribution is -2.28. The highest BCUT2D eigenvalue weighted by atomic mass is 79.9. The van der Waals surface area contributed by atoms with Crippen LogP contribution in [-0.4, -0.2) is 28.2 Å². The summed E-state index contributed by atoms with van der Waals surface area (Å²) in [6.07, 6.45) is 0. The molecule has 6 heteroatoms. The van der Waals surface area contributed by atoms with E-state index >= 15 is 0 Å². The molecule has 1 amide bonds. The lowest BCUT2D eigenvalue weighted by Gasteiger charge is -2.05. The molecule has 94 valence electrons. The zero-order valence-electron chi connectivity index (χ0n) is 9.33. The third-order valence-corrected chi connectivity index (χ3v) is 4.04. The molecule has 0 aliphatic carbocycles. The molecular weight excluding hydrogens is 326 g/mol. The average Bonchev–Trinajstić information content (AvgIpc) is 2.27. The number of benzene rings is 1. The van der Waals surface area contributed by atoms with Crippen molar-refractivity contribution in [3.63, 3.8) is 0 Å². The molecule has 0 fully saturated rings. The fourth-order valence-corrected chi connectivity index (χ4v) is 2.69. The van der Waals surface area contributed by atoms with Gasteiger partial charge in [-0.1, -0.05) is 34.5 Å². The van der Waals surface area contributed by atoms with Crippen molar-refractivity contribution < 1.29 is 9.00 Å². The number of amides is 1. The van der Waals surface area contributed by atoms with Crippen LogP contribution in [-0.2, 0) is 10.8 Å². The maximum Gasteiger partial charge on any atom is 0.251 e. The first-order valence-electron chi connectivity index (χ1n) is 5.12. The number of halogens is 2. The monoisotopic (exact) mass is 337 g/mol. The molecule has 1 unspecified atom stereocenters. The molecule has 1 aromatic carbocycles. The summed E-state index contributed by atoms with van der Waals surface area (Å²) in [7, 11) is -0.859. The number of carbonyl (C=O) groups excluding carboxylic acids is 1. The van der Waals surface area contributed by atoms with E-state index in [4.69, 9.17) is 11.6 Å². The van der Waals surface area contributed by atoms with E-state index < -0.39 is 10.8 Å². The Hall–Kier alpha value is -0.390. The van der Waals surface area contributed by atoms with Crippen molar-refractivity contribution in [1.29, 1.82) is 0 Å². The molecule has 1 aromatic rings. The zero-order valence-corrected chi connectivity index (χ0v) is 12.5. The van der Waals surface area contributed by atoms with Crippen LogP contribution in [0, 0.1) is 0 Å². The summed E-state index contributed by atoms with van der Waals surface area (Å²) in [6.45, 7) is 2.26. The van der Waals surface area contributed by atoms with Gasteiger partial charge in [0, 0.05) is 43.9 Å². The van der Waals surface area contributed by atoms with Gasteiger partial charge in [0.05, 0.1) is 0 Å². The minimum Gasteiger partial charge on any atom is -0.351 e. The normalized spacial score (nSPS) is 12.2. The summed E-state index contributed by atoms with van der Waals surface area (Å²) in [6, 6.07) is 5.00. The molecule has 0 aliphatic rings. The van der Waals surface area contributed by atoms with Crippen LogP contribution < -0.4 is 5.32 Å². The minimum atomic E-state index is -0.859. The molecule has 17 heavy (non-hydrogen) atoms. The topological polar surface area (TPSA) is 46.2 Å². The lowest BCUT2D eigenvalue weighted by molar-refractivity contribution is 0.0956. The van der Waals surface area contributed by atoms with Gasteiger partial charge < -0.3 is 5.32 Å². The highest BCUT2D eigenvalue weighted by Crippen LogP contribution is 2.19.